The van der Waals surface area contributed by atoms with Crippen LogP contribution in [0.2, 0.25) is 0 Å². The summed E-state index contributed by atoms with van der Waals surface area (Å²) in [5.74, 6) is -3.97. The lowest BCUT2D eigenvalue weighted by atomic mass is 10.3. The molecule has 0 aliphatic carbocycles. The van der Waals surface area contributed by atoms with Gasteiger partial charge in [-0.2, -0.15) is 17.2 Å². The summed E-state index contributed by atoms with van der Waals surface area (Å²) in [6, 6.07) is 16.7. The van der Waals surface area contributed by atoms with E-state index in [1.165, 1.54) is 55.6 Å². The Bertz CT molecular complexity index is 2480. The second-order valence-electron chi connectivity index (χ2n) is 12.4. The Balaban J connectivity index is 0.000000221. The van der Waals surface area contributed by atoms with E-state index < -0.39 is 79.8 Å². The molecule has 6 rings (SSSR count). The number of piperazine rings is 2. The molecule has 4 aromatic carbocycles. The van der Waals surface area contributed by atoms with Gasteiger partial charge in [0.1, 0.15) is 48.0 Å². The molecular formula is C35H37F5N4O10S4. The quantitative estimate of drug-likeness (QED) is 0.192. The number of methoxy groups -OCH3 is 1. The van der Waals surface area contributed by atoms with E-state index in [4.69, 9.17) is 9.47 Å². The molecule has 2 aliphatic heterocycles. The number of ether oxygens (including phenoxy) is 2. The van der Waals surface area contributed by atoms with Crippen LogP contribution in [0, 0.1) is 23.3 Å². The number of hydrogen-bond donors (Lipinski definition) is 0. The summed E-state index contributed by atoms with van der Waals surface area (Å²) in [7, 11) is -15.2. The van der Waals surface area contributed by atoms with Crippen molar-refractivity contribution in [3.05, 3.63) is 108 Å². The molecule has 4 aromatic rings. The van der Waals surface area contributed by atoms with Crippen molar-refractivity contribution >= 4 is 40.1 Å². The van der Waals surface area contributed by atoms with Gasteiger partial charge < -0.3 is 9.47 Å². The van der Waals surface area contributed by atoms with Crippen LogP contribution < -0.4 is 9.47 Å². The van der Waals surface area contributed by atoms with E-state index in [0.717, 1.165) is 53.6 Å². The highest BCUT2D eigenvalue weighted by Crippen LogP contribution is 2.28. The third-order valence-electron chi connectivity index (χ3n) is 8.93. The lowest BCUT2D eigenvalue weighted by molar-refractivity contribution is 0.270. The summed E-state index contributed by atoms with van der Waals surface area (Å²) in [5, 5.41) is 0. The van der Waals surface area contributed by atoms with E-state index in [1.807, 2.05) is 0 Å². The van der Waals surface area contributed by atoms with Gasteiger partial charge >= 0.3 is 0 Å². The van der Waals surface area contributed by atoms with Crippen molar-refractivity contribution in [3.63, 3.8) is 0 Å². The van der Waals surface area contributed by atoms with Crippen molar-refractivity contribution < 1.29 is 65.1 Å². The average Bonchev–Trinajstić information content (AvgIpc) is 3.20. The molecule has 2 fully saturated rings. The number of halogens is 5. The SMILES string of the molecule is O=S(=O)(c1ccc(OCC[18F])cc1)N1CCN(S(=O)(=O)c2c(F)cccc2F)CC1.[11CH3]Oc1ccc(S(=O)(=O)N2CCN(S(=O)(=O)c3c(F)cccc3F)CC2)cc1. The molecular weight excluding hydrogens is 858 g/mol. The summed E-state index contributed by atoms with van der Waals surface area (Å²) in [4.78, 5) is -2.07. The van der Waals surface area contributed by atoms with Crippen molar-refractivity contribution in [1.29, 1.82) is 0 Å². The number of nitrogens with zero attached hydrogens (tertiary/aromatic N) is 4. The fourth-order valence-electron chi connectivity index (χ4n) is 5.93. The Morgan fingerprint density at radius 2 is 0.759 bits per heavy atom. The van der Waals surface area contributed by atoms with Crippen LogP contribution in [0.1, 0.15) is 0 Å². The van der Waals surface area contributed by atoms with Crippen molar-refractivity contribution in [2.75, 3.05) is 72.7 Å². The number of sulfonamides is 4. The number of alkyl halides is 1. The number of hydrogen-bond acceptors (Lipinski definition) is 10. The van der Waals surface area contributed by atoms with Crippen LogP contribution in [0.3, 0.4) is 0 Å². The molecule has 0 saturated carbocycles. The molecule has 0 bridgehead atoms. The lowest BCUT2D eigenvalue weighted by Crippen LogP contribution is -2.50. The minimum Gasteiger partial charge on any atom is -0.497 e. The maximum Gasteiger partial charge on any atom is 0.249 e. The van der Waals surface area contributed by atoms with E-state index in [1.54, 1.807) is 0 Å². The van der Waals surface area contributed by atoms with Crippen molar-refractivity contribution in [2.45, 2.75) is 19.6 Å². The van der Waals surface area contributed by atoms with E-state index in [2.05, 4.69) is 0 Å². The summed E-state index contributed by atoms with van der Waals surface area (Å²) >= 11 is 0. The summed E-state index contributed by atoms with van der Waals surface area (Å²) < 4.78 is 183. The van der Waals surface area contributed by atoms with E-state index >= 15 is 0 Å². The Labute approximate surface area is 333 Å². The van der Waals surface area contributed by atoms with E-state index in [9.17, 15) is 55.6 Å². The van der Waals surface area contributed by atoms with Gasteiger partial charge in [0, 0.05) is 52.4 Å². The molecule has 316 valence electrons. The summed E-state index contributed by atoms with van der Waals surface area (Å²) in [5.41, 5.74) is 0. The molecule has 14 nitrogen and oxygen atoms in total. The zero-order valence-electron chi connectivity index (χ0n) is 30.5. The molecule has 58 heavy (non-hydrogen) atoms. The molecule has 0 amide bonds. The predicted octanol–water partition coefficient (Wildman–Crippen LogP) is 3.68. The van der Waals surface area contributed by atoms with Crippen LogP contribution >= 0.6 is 0 Å². The van der Waals surface area contributed by atoms with E-state index in [0.29, 0.717) is 11.5 Å². The number of rotatable bonds is 12. The minimum absolute atomic E-state index is 0.0356. The summed E-state index contributed by atoms with van der Waals surface area (Å²) in [6.45, 7) is -2.41. The largest absolute Gasteiger partial charge is 0.497 e. The van der Waals surface area contributed by atoms with Gasteiger partial charge in [0.2, 0.25) is 40.1 Å². The molecule has 0 spiro atoms. The molecule has 2 heterocycles. The minimum atomic E-state index is -4.46. The third kappa shape index (κ3) is 9.62. The van der Waals surface area contributed by atoms with Crippen molar-refractivity contribution in [2.24, 2.45) is 0 Å². The monoisotopic (exact) mass is 894 g/mol. The van der Waals surface area contributed by atoms with Gasteiger partial charge in [-0.3, -0.25) is 0 Å². The predicted molar refractivity (Wildman–Crippen MR) is 199 cm³/mol. The highest BCUT2D eigenvalue weighted by molar-refractivity contribution is 7.90. The second-order valence-corrected chi connectivity index (χ2v) is 20.0. The van der Waals surface area contributed by atoms with Gasteiger partial charge in [-0.05, 0) is 72.8 Å². The average molecular weight is 895 g/mol. The number of benzene rings is 4. The van der Waals surface area contributed by atoms with Gasteiger partial charge in [0.05, 0.1) is 16.9 Å². The molecule has 0 unspecified atom stereocenters. The highest BCUT2D eigenvalue weighted by atomic mass is 32.2. The first-order chi connectivity index (χ1) is 27.3. The van der Waals surface area contributed by atoms with Crippen LogP contribution in [0.25, 0.3) is 0 Å². The lowest BCUT2D eigenvalue weighted by Gasteiger charge is -2.33. The third-order valence-corrected chi connectivity index (χ3v) is 16.7. The normalized spacial score (nSPS) is 16.7. The van der Waals surface area contributed by atoms with Crippen LogP contribution in [0.4, 0.5) is 22.0 Å². The van der Waals surface area contributed by atoms with Crippen LogP contribution in [0.5, 0.6) is 11.5 Å². The highest BCUT2D eigenvalue weighted by Gasteiger charge is 2.38. The molecule has 0 radical (unpaired) electrons. The van der Waals surface area contributed by atoms with Gasteiger partial charge in [0.25, 0.3) is 0 Å². The van der Waals surface area contributed by atoms with Crippen LogP contribution in [0.15, 0.2) is 105 Å². The topological polar surface area (TPSA) is 168 Å². The van der Waals surface area contributed by atoms with Crippen LogP contribution in [-0.4, -0.2) is 124 Å². The van der Waals surface area contributed by atoms with Gasteiger partial charge in [-0.15, -0.1) is 0 Å². The van der Waals surface area contributed by atoms with Gasteiger partial charge in [-0.1, -0.05) is 12.1 Å². The maximum atomic E-state index is 13.9. The first kappa shape index (κ1) is 44.9. The van der Waals surface area contributed by atoms with Gasteiger partial charge in [-0.25, -0.2) is 55.6 Å². The molecule has 0 aromatic heterocycles. The van der Waals surface area contributed by atoms with Crippen molar-refractivity contribution in [1.82, 2.24) is 17.2 Å². The molecule has 23 heteroatoms. The first-order valence-electron chi connectivity index (χ1n) is 17.2. The molecule has 0 N–H and O–H groups in total. The molecule has 2 saturated heterocycles. The Hall–Kier alpha value is -4.23. The van der Waals surface area contributed by atoms with Crippen molar-refractivity contribution in [3.8, 4) is 11.5 Å². The fraction of sp³-hybridized carbons (Fsp3) is 0.314. The molecule has 2 aliphatic rings. The molecule has 0 atom stereocenters. The van der Waals surface area contributed by atoms with Crippen LogP contribution in [-0.2, 0) is 40.1 Å². The zero-order valence-corrected chi connectivity index (χ0v) is 33.8. The Morgan fingerprint density at radius 3 is 1.05 bits per heavy atom. The standard InChI is InChI=1S/C18H19F3N2O5S2.C17H18F2N2O5S2/c19-8-13-28-14-4-6-15(7-5-14)29(24,25)22-9-11-23(12-10-22)30(26,27)18-16(20)2-1-3-17(18)21;1-26-13-5-7-14(8-6-13)27(22,23)20-9-11-21(12-10-20)28(24,25)17-15(18)3-2-4-16(17)19/h1-7H,8-13H2;2-8H,9-12H2,1H3/i19-1;1-1. The zero-order chi connectivity index (χ0) is 42.5. The Morgan fingerprint density at radius 1 is 0.466 bits per heavy atom. The summed E-state index contributed by atoms with van der Waals surface area (Å²) in [6.07, 6.45) is 0. The van der Waals surface area contributed by atoms with E-state index in [-0.39, 0.29) is 68.8 Å². The fourth-order valence-corrected chi connectivity index (χ4v) is 11.8. The maximum absolute atomic E-state index is 13.9. The smallest absolute Gasteiger partial charge is 0.249 e. The first-order valence-corrected chi connectivity index (χ1v) is 22.9. The van der Waals surface area contributed by atoms with Gasteiger partial charge in [0.15, 0.2) is 9.79 Å². The second kappa shape index (κ2) is 18.4. The Kier molecular flexibility index (Phi) is 14.2.